The van der Waals surface area contributed by atoms with E-state index in [0.717, 1.165) is 18.8 Å². The minimum Gasteiger partial charge on any atom is -0.481 e. The first kappa shape index (κ1) is 10.3. The molecule has 72 valence electrons. The van der Waals surface area contributed by atoms with Crippen molar-refractivity contribution in [1.29, 1.82) is 0 Å². The van der Waals surface area contributed by atoms with E-state index in [4.69, 9.17) is 16.3 Å². The monoisotopic (exact) mass is 200 g/mol. The molecule has 0 bridgehead atoms. The average molecular weight is 201 g/mol. The predicted molar refractivity (Wildman–Crippen MR) is 53.2 cm³/mol. The minimum absolute atomic E-state index is 0.615. The molecular formula is C9H13ClN2O. The Bertz CT molecular complexity index is 255. The van der Waals surface area contributed by atoms with Gasteiger partial charge in [-0.2, -0.15) is 0 Å². The van der Waals surface area contributed by atoms with Crippen molar-refractivity contribution < 1.29 is 4.74 Å². The second-order valence-corrected chi connectivity index (χ2v) is 2.92. The number of ether oxygens (including phenoxy) is 1. The average Bonchev–Trinajstić information content (AvgIpc) is 2.19. The summed E-state index contributed by atoms with van der Waals surface area (Å²) >= 11 is 5.52. The maximum absolute atomic E-state index is 5.52. The van der Waals surface area contributed by atoms with E-state index in [1.165, 1.54) is 0 Å². The SMILES string of the molecule is COc1cccc(CNCCCl)n1. The molecule has 1 N–H and O–H groups in total. The quantitative estimate of drug-likeness (QED) is 0.577. The molecule has 0 radical (unpaired) electrons. The molecule has 0 amide bonds. The highest BCUT2D eigenvalue weighted by Crippen LogP contribution is 2.05. The highest BCUT2D eigenvalue weighted by atomic mass is 35.5. The van der Waals surface area contributed by atoms with Gasteiger partial charge in [0.25, 0.3) is 0 Å². The van der Waals surface area contributed by atoms with Crippen molar-refractivity contribution in [3.63, 3.8) is 0 Å². The van der Waals surface area contributed by atoms with Crippen molar-refractivity contribution in [1.82, 2.24) is 10.3 Å². The molecule has 4 heteroatoms. The Morgan fingerprint density at radius 2 is 2.38 bits per heavy atom. The molecule has 0 atom stereocenters. The van der Waals surface area contributed by atoms with Crippen LogP contribution in [0.1, 0.15) is 5.69 Å². The Morgan fingerprint density at radius 3 is 3.08 bits per heavy atom. The first-order chi connectivity index (χ1) is 6.36. The highest BCUT2D eigenvalue weighted by molar-refractivity contribution is 6.18. The zero-order valence-electron chi connectivity index (χ0n) is 7.59. The Kier molecular flexibility index (Phi) is 4.57. The van der Waals surface area contributed by atoms with Gasteiger partial charge >= 0.3 is 0 Å². The van der Waals surface area contributed by atoms with Crippen LogP contribution in [-0.4, -0.2) is 24.5 Å². The summed E-state index contributed by atoms with van der Waals surface area (Å²) in [7, 11) is 1.61. The number of nitrogens with zero attached hydrogens (tertiary/aromatic N) is 1. The molecule has 1 aromatic heterocycles. The fourth-order valence-electron chi connectivity index (χ4n) is 0.953. The van der Waals surface area contributed by atoms with Crippen LogP contribution < -0.4 is 10.1 Å². The van der Waals surface area contributed by atoms with Gasteiger partial charge < -0.3 is 10.1 Å². The largest absolute Gasteiger partial charge is 0.481 e. The summed E-state index contributed by atoms with van der Waals surface area (Å²) in [6, 6.07) is 5.69. The van der Waals surface area contributed by atoms with Crippen LogP contribution in [0.3, 0.4) is 0 Å². The summed E-state index contributed by atoms with van der Waals surface area (Å²) in [4.78, 5) is 4.24. The number of alkyl halides is 1. The van der Waals surface area contributed by atoms with E-state index in [0.29, 0.717) is 11.8 Å². The molecule has 0 aliphatic rings. The number of hydrogen-bond donors (Lipinski definition) is 1. The molecule has 1 aromatic rings. The summed E-state index contributed by atoms with van der Waals surface area (Å²) < 4.78 is 5.00. The van der Waals surface area contributed by atoms with Crippen LogP contribution in [0.2, 0.25) is 0 Å². The van der Waals surface area contributed by atoms with Crippen molar-refractivity contribution in [2.75, 3.05) is 19.5 Å². The van der Waals surface area contributed by atoms with E-state index < -0.39 is 0 Å². The number of aromatic nitrogens is 1. The van der Waals surface area contributed by atoms with Crippen LogP contribution in [0.15, 0.2) is 18.2 Å². The van der Waals surface area contributed by atoms with E-state index in [9.17, 15) is 0 Å². The Labute approximate surface area is 83.1 Å². The van der Waals surface area contributed by atoms with Crippen LogP contribution in [-0.2, 0) is 6.54 Å². The Balaban J connectivity index is 2.46. The lowest BCUT2D eigenvalue weighted by Crippen LogP contribution is -2.16. The second kappa shape index (κ2) is 5.78. The molecule has 0 aliphatic carbocycles. The molecule has 0 spiro atoms. The fraction of sp³-hybridized carbons (Fsp3) is 0.444. The number of pyridine rings is 1. The molecule has 0 fully saturated rings. The molecule has 13 heavy (non-hydrogen) atoms. The Hall–Kier alpha value is -0.800. The normalized spacial score (nSPS) is 10.0. The first-order valence-electron chi connectivity index (χ1n) is 4.13. The maximum atomic E-state index is 5.52. The van der Waals surface area contributed by atoms with Crippen molar-refractivity contribution in [2.45, 2.75) is 6.54 Å². The highest BCUT2D eigenvalue weighted by Gasteiger charge is 1.95. The predicted octanol–water partition coefficient (Wildman–Crippen LogP) is 1.42. The summed E-state index contributed by atoms with van der Waals surface area (Å²) in [5.41, 5.74) is 0.962. The number of rotatable bonds is 5. The van der Waals surface area contributed by atoms with Gasteiger partial charge in [-0.15, -0.1) is 11.6 Å². The second-order valence-electron chi connectivity index (χ2n) is 2.54. The van der Waals surface area contributed by atoms with E-state index >= 15 is 0 Å². The van der Waals surface area contributed by atoms with E-state index in [-0.39, 0.29) is 0 Å². The lowest BCUT2D eigenvalue weighted by Gasteiger charge is -2.03. The topological polar surface area (TPSA) is 34.1 Å². The molecular weight excluding hydrogens is 188 g/mol. The van der Waals surface area contributed by atoms with Crippen molar-refractivity contribution >= 4 is 11.6 Å². The van der Waals surface area contributed by atoms with Crippen LogP contribution in [0, 0.1) is 0 Å². The van der Waals surface area contributed by atoms with Crippen LogP contribution in [0.25, 0.3) is 0 Å². The molecule has 3 nitrogen and oxygen atoms in total. The summed E-state index contributed by atoms with van der Waals surface area (Å²) in [5.74, 6) is 1.26. The van der Waals surface area contributed by atoms with Gasteiger partial charge in [0.15, 0.2) is 0 Å². The Morgan fingerprint density at radius 1 is 1.54 bits per heavy atom. The third-order valence-corrected chi connectivity index (χ3v) is 1.76. The molecule has 0 saturated heterocycles. The van der Waals surface area contributed by atoms with Crippen LogP contribution in [0.5, 0.6) is 5.88 Å². The van der Waals surface area contributed by atoms with Gasteiger partial charge in [-0.05, 0) is 6.07 Å². The summed E-state index contributed by atoms with van der Waals surface area (Å²) in [5, 5.41) is 3.15. The molecule has 0 aliphatic heterocycles. The number of methoxy groups -OCH3 is 1. The van der Waals surface area contributed by atoms with Crippen LogP contribution in [0.4, 0.5) is 0 Å². The smallest absolute Gasteiger partial charge is 0.213 e. The summed E-state index contributed by atoms with van der Waals surface area (Å²) in [6.45, 7) is 1.52. The lowest BCUT2D eigenvalue weighted by atomic mass is 10.3. The van der Waals surface area contributed by atoms with Gasteiger partial charge in [-0.3, -0.25) is 0 Å². The zero-order chi connectivity index (χ0) is 9.52. The van der Waals surface area contributed by atoms with Crippen molar-refractivity contribution in [2.24, 2.45) is 0 Å². The van der Waals surface area contributed by atoms with Crippen molar-refractivity contribution in [3.8, 4) is 5.88 Å². The molecule has 0 aromatic carbocycles. The number of nitrogens with one attached hydrogen (secondary N) is 1. The molecule has 1 heterocycles. The summed E-state index contributed by atoms with van der Waals surface area (Å²) in [6.07, 6.45) is 0. The first-order valence-corrected chi connectivity index (χ1v) is 4.67. The van der Waals surface area contributed by atoms with Gasteiger partial charge in [0.05, 0.1) is 12.8 Å². The van der Waals surface area contributed by atoms with Crippen LogP contribution >= 0.6 is 11.6 Å². The molecule has 1 rings (SSSR count). The van der Waals surface area contributed by atoms with Gasteiger partial charge in [0, 0.05) is 25.0 Å². The van der Waals surface area contributed by atoms with E-state index in [1.807, 2.05) is 18.2 Å². The molecule has 0 saturated carbocycles. The standard InChI is InChI=1S/C9H13ClN2O/c1-13-9-4-2-3-8(12-9)7-11-6-5-10/h2-4,11H,5-7H2,1H3. The number of hydrogen-bond acceptors (Lipinski definition) is 3. The van der Waals surface area contributed by atoms with E-state index in [2.05, 4.69) is 10.3 Å². The van der Waals surface area contributed by atoms with Gasteiger partial charge in [-0.25, -0.2) is 4.98 Å². The maximum Gasteiger partial charge on any atom is 0.213 e. The fourth-order valence-corrected chi connectivity index (χ4v) is 1.09. The van der Waals surface area contributed by atoms with Crippen molar-refractivity contribution in [3.05, 3.63) is 23.9 Å². The third-order valence-electron chi connectivity index (χ3n) is 1.57. The van der Waals surface area contributed by atoms with Gasteiger partial charge in [0.2, 0.25) is 5.88 Å². The van der Waals surface area contributed by atoms with Gasteiger partial charge in [-0.1, -0.05) is 6.07 Å². The number of halogens is 1. The minimum atomic E-state index is 0.615. The lowest BCUT2D eigenvalue weighted by molar-refractivity contribution is 0.395. The van der Waals surface area contributed by atoms with E-state index in [1.54, 1.807) is 7.11 Å². The molecule has 0 unspecified atom stereocenters. The third kappa shape index (κ3) is 3.61. The van der Waals surface area contributed by atoms with Gasteiger partial charge in [0.1, 0.15) is 0 Å². The zero-order valence-corrected chi connectivity index (χ0v) is 8.34.